The summed E-state index contributed by atoms with van der Waals surface area (Å²) >= 11 is 0. The summed E-state index contributed by atoms with van der Waals surface area (Å²) in [6, 6.07) is 10.2. The standard InChI is InChI=1S/C13H14N2/c1-9-3-4-10(2)12(7-9)11-5-6-13(14)15-8-11/h3-8H,1-2H3,(H2,14,15). The Labute approximate surface area is 89.8 Å². The van der Waals surface area contributed by atoms with Crippen molar-refractivity contribution in [3.05, 3.63) is 47.7 Å². The van der Waals surface area contributed by atoms with E-state index < -0.39 is 0 Å². The number of rotatable bonds is 1. The van der Waals surface area contributed by atoms with Crippen molar-refractivity contribution in [1.29, 1.82) is 0 Å². The molecule has 2 heteroatoms. The topological polar surface area (TPSA) is 38.9 Å². The van der Waals surface area contributed by atoms with E-state index in [9.17, 15) is 0 Å². The molecule has 0 aliphatic heterocycles. The highest BCUT2D eigenvalue weighted by atomic mass is 14.8. The number of nitrogens with two attached hydrogens (primary N) is 1. The third-order valence-corrected chi connectivity index (χ3v) is 2.49. The zero-order valence-corrected chi connectivity index (χ0v) is 8.99. The van der Waals surface area contributed by atoms with Gasteiger partial charge < -0.3 is 5.73 Å². The van der Waals surface area contributed by atoms with Gasteiger partial charge in [0.2, 0.25) is 0 Å². The minimum absolute atomic E-state index is 0.559. The molecule has 0 spiro atoms. The highest BCUT2D eigenvalue weighted by Crippen LogP contribution is 2.24. The van der Waals surface area contributed by atoms with Crippen molar-refractivity contribution in [2.24, 2.45) is 0 Å². The first kappa shape index (κ1) is 9.71. The Balaban J connectivity index is 2.53. The molecule has 0 fully saturated rings. The summed E-state index contributed by atoms with van der Waals surface area (Å²) in [5.74, 6) is 0.559. The second-order valence-electron chi connectivity index (χ2n) is 3.79. The van der Waals surface area contributed by atoms with Crippen molar-refractivity contribution < 1.29 is 0 Å². The molecular formula is C13H14N2. The van der Waals surface area contributed by atoms with Crippen molar-refractivity contribution in [2.45, 2.75) is 13.8 Å². The van der Waals surface area contributed by atoms with Gasteiger partial charge in [0.05, 0.1) is 0 Å². The Morgan fingerprint density at radius 2 is 1.87 bits per heavy atom. The molecule has 0 saturated carbocycles. The third kappa shape index (κ3) is 1.99. The second-order valence-corrected chi connectivity index (χ2v) is 3.79. The lowest BCUT2D eigenvalue weighted by molar-refractivity contribution is 1.32. The number of benzene rings is 1. The van der Waals surface area contributed by atoms with Crippen molar-refractivity contribution >= 4 is 5.82 Å². The fourth-order valence-electron chi connectivity index (χ4n) is 1.61. The number of nitrogen functional groups attached to an aromatic ring is 1. The Kier molecular flexibility index (Phi) is 2.42. The summed E-state index contributed by atoms with van der Waals surface area (Å²) in [5, 5.41) is 0. The lowest BCUT2D eigenvalue weighted by atomic mass is 10.00. The van der Waals surface area contributed by atoms with Crippen LogP contribution in [0.3, 0.4) is 0 Å². The van der Waals surface area contributed by atoms with E-state index in [1.165, 1.54) is 16.7 Å². The normalized spacial score (nSPS) is 10.3. The van der Waals surface area contributed by atoms with Crippen LogP contribution in [-0.2, 0) is 0 Å². The van der Waals surface area contributed by atoms with Crippen LogP contribution in [0.1, 0.15) is 11.1 Å². The summed E-state index contributed by atoms with van der Waals surface area (Å²) in [5.41, 5.74) is 10.4. The Bertz CT molecular complexity index is 472. The van der Waals surface area contributed by atoms with Crippen LogP contribution in [-0.4, -0.2) is 4.98 Å². The van der Waals surface area contributed by atoms with Crippen LogP contribution < -0.4 is 5.73 Å². The predicted octanol–water partition coefficient (Wildman–Crippen LogP) is 2.95. The van der Waals surface area contributed by atoms with Gasteiger partial charge in [0.25, 0.3) is 0 Å². The Morgan fingerprint density at radius 1 is 1.07 bits per heavy atom. The van der Waals surface area contributed by atoms with Crippen molar-refractivity contribution in [3.63, 3.8) is 0 Å². The molecule has 0 atom stereocenters. The van der Waals surface area contributed by atoms with E-state index in [1.807, 2.05) is 18.3 Å². The number of aromatic nitrogens is 1. The maximum absolute atomic E-state index is 5.56. The number of pyridine rings is 1. The molecule has 0 radical (unpaired) electrons. The fraction of sp³-hybridized carbons (Fsp3) is 0.154. The van der Waals surface area contributed by atoms with Gasteiger partial charge in [-0.2, -0.15) is 0 Å². The van der Waals surface area contributed by atoms with Crippen LogP contribution in [0.2, 0.25) is 0 Å². The lowest BCUT2D eigenvalue weighted by Crippen LogP contribution is -1.90. The van der Waals surface area contributed by atoms with Gasteiger partial charge in [-0.3, -0.25) is 0 Å². The quantitative estimate of drug-likeness (QED) is 0.765. The molecule has 15 heavy (non-hydrogen) atoms. The summed E-state index contributed by atoms with van der Waals surface area (Å²) in [6.45, 7) is 4.19. The van der Waals surface area contributed by atoms with Crippen molar-refractivity contribution in [3.8, 4) is 11.1 Å². The molecule has 0 bridgehead atoms. The van der Waals surface area contributed by atoms with Gasteiger partial charge in [-0.05, 0) is 37.1 Å². The second kappa shape index (κ2) is 3.73. The number of nitrogens with zero attached hydrogens (tertiary/aromatic N) is 1. The number of hydrogen-bond donors (Lipinski definition) is 1. The van der Waals surface area contributed by atoms with Crippen LogP contribution in [0.15, 0.2) is 36.5 Å². The van der Waals surface area contributed by atoms with Gasteiger partial charge in [-0.25, -0.2) is 4.98 Å². The van der Waals surface area contributed by atoms with Crippen LogP contribution in [0.5, 0.6) is 0 Å². The van der Waals surface area contributed by atoms with Crippen LogP contribution >= 0.6 is 0 Å². The summed E-state index contributed by atoms with van der Waals surface area (Å²) < 4.78 is 0. The average Bonchev–Trinajstić information content (AvgIpc) is 2.23. The summed E-state index contributed by atoms with van der Waals surface area (Å²) in [6.07, 6.45) is 1.82. The van der Waals surface area contributed by atoms with Gasteiger partial charge in [-0.15, -0.1) is 0 Å². The fourth-order valence-corrected chi connectivity index (χ4v) is 1.61. The monoisotopic (exact) mass is 198 g/mol. The molecule has 1 heterocycles. The number of hydrogen-bond acceptors (Lipinski definition) is 2. The predicted molar refractivity (Wildman–Crippen MR) is 63.6 cm³/mol. The summed E-state index contributed by atoms with van der Waals surface area (Å²) in [4.78, 5) is 4.10. The van der Waals surface area contributed by atoms with Crippen LogP contribution in [0.4, 0.5) is 5.82 Å². The SMILES string of the molecule is Cc1ccc(C)c(-c2ccc(N)nc2)c1. The van der Waals surface area contributed by atoms with Gasteiger partial charge in [0, 0.05) is 11.8 Å². The first-order chi connectivity index (χ1) is 7.16. The molecule has 2 nitrogen and oxygen atoms in total. The Hall–Kier alpha value is -1.83. The number of aryl methyl sites for hydroxylation is 2. The minimum atomic E-state index is 0.559. The van der Waals surface area contributed by atoms with Crippen LogP contribution in [0, 0.1) is 13.8 Å². The van der Waals surface area contributed by atoms with Crippen LogP contribution in [0.25, 0.3) is 11.1 Å². The van der Waals surface area contributed by atoms with E-state index in [-0.39, 0.29) is 0 Å². The van der Waals surface area contributed by atoms with E-state index >= 15 is 0 Å². The minimum Gasteiger partial charge on any atom is -0.384 e. The first-order valence-electron chi connectivity index (χ1n) is 4.96. The van der Waals surface area contributed by atoms with E-state index in [1.54, 1.807) is 0 Å². The van der Waals surface area contributed by atoms with E-state index in [0.717, 1.165) is 5.56 Å². The summed E-state index contributed by atoms with van der Waals surface area (Å²) in [7, 11) is 0. The van der Waals surface area contributed by atoms with E-state index in [2.05, 4.69) is 37.0 Å². The number of anilines is 1. The van der Waals surface area contributed by atoms with Gasteiger partial charge in [-0.1, -0.05) is 23.8 Å². The lowest BCUT2D eigenvalue weighted by Gasteiger charge is -2.06. The molecule has 0 unspecified atom stereocenters. The van der Waals surface area contributed by atoms with E-state index in [4.69, 9.17) is 5.73 Å². The van der Waals surface area contributed by atoms with E-state index in [0.29, 0.717) is 5.82 Å². The molecule has 2 rings (SSSR count). The molecule has 2 N–H and O–H groups in total. The van der Waals surface area contributed by atoms with Crippen molar-refractivity contribution in [1.82, 2.24) is 4.98 Å². The molecule has 1 aromatic heterocycles. The molecule has 0 aliphatic rings. The highest BCUT2D eigenvalue weighted by molar-refractivity contribution is 5.67. The molecular weight excluding hydrogens is 184 g/mol. The maximum atomic E-state index is 5.56. The van der Waals surface area contributed by atoms with Crippen molar-refractivity contribution in [2.75, 3.05) is 5.73 Å². The first-order valence-corrected chi connectivity index (χ1v) is 4.96. The Morgan fingerprint density at radius 3 is 2.53 bits per heavy atom. The largest absolute Gasteiger partial charge is 0.384 e. The maximum Gasteiger partial charge on any atom is 0.123 e. The molecule has 0 saturated heterocycles. The third-order valence-electron chi connectivity index (χ3n) is 2.49. The average molecular weight is 198 g/mol. The zero-order chi connectivity index (χ0) is 10.8. The molecule has 0 aliphatic carbocycles. The zero-order valence-electron chi connectivity index (χ0n) is 8.99. The highest BCUT2D eigenvalue weighted by Gasteiger charge is 2.02. The smallest absolute Gasteiger partial charge is 0.123 e. The molecule has 2 aromatic rings. The molecule has 1 aromatic carbocycles. The van der Waals surface area contributed by atoms with Gasteiger partial charge >= 0.3 is 0 Å². The molecule has 76 valence electrons. The van der Waals surface area contributed by atoms with Gasteiger partial charge in [0.1, 0.15) is 5.82 Å². The van der Waals surface area contributed by atoms with Gasteiger partial charge in [0.15, 0.2) is 0 Å². The molecule has 0 amide bonds.